The Morgan fingerprint density at radius 3 is 3.00 bits per heavy atom. The molecule has 1 aromatic rings. The molecule has 1 aromatic heterocycles. The molecule has 1 atom stereocenters. The molecule has 1 unspecified atom stereocenters. The van der Waals surface area contributed by atoms with Gasteiger partial charge in [-0.05, 0) is 12.0 Å². The Kier molecular flexibility index (Phi) is 5.48. The molecule has 4 heteroatoms. The molecule has 0 bridgehead atoms. The van der Waals surface area contributed by atoms with Crippen LogP contribution in [-0.4, -0.2) is 20.3 Å². The van der Waals surface area contributed by atoms with E-state index in [1.165, 1.54) is 4.88 Å². The van der Waals surface area contributed by atoms with Gasteiger partial charge >= 0.3 is 0 Å². The van der Waals surface area contributed by atoms with Crippen LogP contribution in [-0.2, 0) is 11.3 Å². The maximum atomic E-state index is 5.81. The van der Waals surface area contributed by atoms with Crippen molar-refractivity contribution >= 4 is 22.9 Å². The smallest absolute Gasteiger partial charge is 0.0516 e. The summed E-state index contributed by atoms with van der Waals surface area (Å²) in [5.41, 5.74) is 0. The standard InChI is InChI=1S/C10H16ClNOS/c1-8(6-13-2)4-12-5-10-3-9(11)7-14-10/h3,7-8,12H,4-6H2,1-2H3. The summed E-state index contributed by atoms with van der Waals surface area (Å²) in [7, 11) is 1.73. The lowest BCUT2D eigenvalue weighted by Gasteiger charge is -2.10. The summed E-state index contributed by atoms with van der Waals surface area (Å²) in [6.07, 6.45) is 0. The maximum Gasteiger partial charge on any atom is 0.0516 e. The van der Waals surface area contributed by atoms with Crippen molar-refractivity contribution < 1.29 is 4.74 Å². The van der Waals surface area contributed by atoms with E-state index >= 15 is 0 Å². The Bertz CT molecular complexity index is 264. The SMILES string of the molecule is COCC(C)CNCc1cc(Cl)cs1. The Hall–Kier alpha value is -0.0900. The topological polar surface area (TPSA) is 21.3 Å². The van der Waals surface area contributed by atoms with Crippen LogP contribution in [0.5, 0.6) is 0 Å². The summed E-state index contributed by atoms with van der Waals surface area (Å²) in [5, 5.41) is 6.16. The first-order chi connectivity index (χ1) is 6.72. The predicted molar refractivity (Wildman–Crippen MR) is 62.1 cm³/mol. The molecule has 1 heterocycles. The minimum atomic E-state index is 0.551. The lowest BCUT2D eigenvalue weighted by Crippen LogP contribution is -2.22. The number of thiophene rings is 1. The molecule has 0 aliphatic heterocycles. The molecule has 80 valence electrons. The van der Waals surface area contributed by atoms with Crippen molar-refractivity contribution in [2.24, 2.45) is 5.92 Å². The van der Waals surface area contributed by atoms with E-state index in [9.17, 15) is 0 Å². The Labute approximate surface area is 94.2 Å². The summed E-state index contributed by atoms with van der Waals surface area (Å²) in [6.45, 7) is 4.84. The van der Waals surface area contributed by atoms with Crippen LogP contribution >= 0.6 is 22.9 Å². The zero-order valence-corrected chi connectivity index (χ0v) is 10.1. The lowest BCUT2D eigenvalue weighted by molar-refractivity contribution is 0.158. The second-order valence-electron chi connectivity index (χ2n) is 3.42. The molecule has 0 fully saturated rings. The fourth-order valence-electron chi connectivity index (χ4n) is 1.23. The van der Waals surface area contributed by atoms with E-state index in [1.807, 2.05) is 11.4 Å². The van der Waals surface area contributed by atoms with Gasteiger partial charge < -0.3 is 10.1 Å². The zero-order chi connectivity index (χ0) is 10.4. The molecule has 0 aliphatic carbocycles. The van der Waals surface area contributed by atoms with E-state index in [2.05, 4.69) is 12.2 Å². The van der Waals surface area contributed by atoms with E-state index in [0.29, 0.717) is 5.92 Å². The van der Waals surface area contributed by atoms with E-state index < -0.39 is 0 Å². The monoisotopic (exact) mass is 233 g/mol. The summed E-state index contributed by atoms with van der Waals surface area (Å²) in [6, 6.07) is 2.00. The fourth-order valence-corrected chi connectivity index (χ4v) is 2.27. The molecule has 0 aliphatic rings. The predicted octanol–water partition coefficient (Wildman–Crippen LogP) is 2.77. The zero-order valence-electron chi connectivity index (χ0n) is 8.55. The molecule has 0 aromatic carbocycles. The van der Waals surface area contributed by atoms with Gasteiger partial charge in [0.25, 0.3) is 0 Å². The molecule has 0 saturated carbocycles. The average Bonchev–Trinajstić information content (AvgIpc) is 2.52. The number of hydrogen-bond donors (Lipinski definition) is 1. The van der Waals surface area contributed by atoms with Crippen molar-refractivity contribution in [1.29, 1.82) is 0 Å². The number of methoxy groups -OCH3 is 1. The minimum absolute atomic E-state index is 0.551. The molecule has 0 amide bonds. The minimum Gasteiger partial charge on any atom is -0.384 e. The van der Waals surface area contributed by atoms with Gasteiger partial charge in [-0.25, -0.2) is 0 Å². The third-order valence-electron chi connectivity index (χ3n) is 1.86. The summed E-state index contributed by atoms with van der Waals surface area (Å²) >= 11 is 7.50. The molecule has 0 saturated heterocycles. The summed E-state index contributed by atoms with van der Waals surface area (Å²) < 4.78 is 5.05. The third kappa shape index (κ3) is 4.42. The highest BCUT2D eigenvalue weighted by molar-refractivity contribution is 7.10. The Balaban J connectivity index is 2.15. The van der Waals surface area contributed by atoms with Gasteiger partial charge in [0.2, 0.25) is 0 Å². The highest BCUT2D eigenvalue weighted by atomic mass is 35.5. The van der Waals surface area contributed by atoms with Crippen LogP contribution in [0.1, 0.15) is 11.8 Å². The van der Waals surface area contributed by atoms with Crippen molar-refractivity contribution in [2.75, 3.05) is 20.3 Å². The second kappa shape index (κ2) is 6.40. The maximum absolute atomic E-state index is 5.81. The molecule has 0 radical (unpaired) electrons. The number of hydrogen-bond acceptors (Lipinski definition) is 3. The highest BCUT2D eigenvalue weighted by Crippen LogP contribution is 2.18. The van der Waals surface area contributed by atoms with Gasteiger partial charge in [0.15, 0.2) is 0 Å². The number of rotatable bonds is 6. The van der Waals surface area contributed by atoms with Crippen LogP contribution in [0.4, 0.5) is 0 Å². The molecule has 14 heavy (non-hydrogen) atoms. The Morgan fingerprint density at radius 2 is 2.43 bits per heavy atom. The van der Waals surface area contributed by atoms with E-state index in [4.69, 9.17) is 16.3 Å². The normalized spacial score (nSPS) is 13.1. The number of nitrogens with one attached hydrogen (secondary N) is 1. The second-order valence-corrected chi connectivity index (χ2v) is 4.85. The van der Waals surface area contributed by atoms with Crippen LogP contribution in [0.2, 0.25) is 5.02 Å². The first-order valence-corrected chi connectivity index (χ1v) is 5.90. The molecule has 1 rings (SSSR count). The van der Waals surface area contributed by atoms with Gasteiger partial charge in [-0.1, -0.05) is 18.5 Å². The van der Waals surface area contributed by atoms with Crippen molar-refractivity contribution in [3.63, 3.8) is 0 Å². The van der Waals surface area contributed by atoms with E-state index in [0.717, 1.165) is 24.7 Å². The first-order valence-electron chi connectivity index (χ1n) is 4.65. The van der Waals surface area contributed by atoms with Crippen LogP contribution in [0.25, 0.3) is 0 Å². The first kappa shape index (κ1) is 12.0. The van der Waals surface area contributed by atoms with E-state index in [-0.39, 0.29) is 0 Å². The van der Waals surface area contributed by atoms with Gasteiger partial charge in [0.05, 0.1) is 5.02 Å². The van der Waals surface area contributed by atoms with Gasteiger partial charge in [0.1, 0.15) is 0 Å². The summed E-state index contributed by atoms with van der Waals surface area (Å²) in [5.74, 6) is 0.551. The number of ether oxygens (including phenoxy) is 1. The van der Waals surface area contributed by atoms with Crippen LogP contribution in [0.3, 0.4) is 0 Å². The number of halogens is 1. The molecular formula is C10H16ClNOS. The highest BCUT2D eigenvalue weighted by Gasteiger charge is 2.01. The van der Waals surface area contributed by atoms with Gasteiger partial charge in [-0.2, -0.15) is 0 Å². The molecule has 2 nitrogen and oxygen atoms in total. The van der Waals surface area contributed by atoms with Gasteiger partial charge in [-0.15, -0.1) is 11.3 Å². The van der Waals surface area contributed by atoms with Crippen molar-refractivity contribution in [2.45, 2.75) is 13.5 Å². The van der Waals surface area contributed by atoms with Crippen LogP contribution in [0.15, 0.2) is 11.4 Å². The fraction of sp³-hybridized carbons (Fsp3) is 0.600. The molecular weight excluding hydrogens is 218 g/mol. The van der Waals surface area contributed by atoms with E-state index in [1.54, 1.807) is 18.4 Å². The Morgan fingerprint density at radius 1 is 1.64 bits per heavy atom. The van der Waals surface area contributed by atoms with Crippen LogP contribution < -0.4 is 5.32 Å². The van der Waals surface area contributed by atoms with Gasteiger partial charge in [-0.3, -0.25) is 0 Å². The van der Waals surface area contributed by atoms with Gasteiger partial charge in [0, 0.05) is 37.1 Å². The van der Waals surface area contributed by atoms with Crippen molar-refractivity contribution in [3.05, 3.63) is 21.3 Å². The third-order valence-corrected chi connectivity index (χ3v) is 3.15. The van der Waals surface area contributed by atoms with Crippen molar-refractivity contribution in [3.8, 4) is 0 Å². The van der Waals surface area contributed by atoms with Crippen LogP contribution in [0, 0.1) is 5.92 Å². The molecule has 1 N–H and O–H groups in total. The quantitative estimate of drug-likeness (QED) is 0.816. The average molecular weight is 234 g/mol. The lowest BCUT2D eigenvalue weighted by atomic mass is 10.2. The summed E-state index contributed by atoms with van der Waals surface area (Å²) in [4.78, 5) is 1.28. The molecule has 0 spiro atoms. The largest absolute Gasteiger partial charge is 0.384 e. The van der Waals surface area contributed by atoms with Crippen molar-refractivity contribution in [1.82, 2.24) is 5.32 Å².